The first-order chi connectivity index (χ1) is 31.8. The van der Waals surface area contributed by atoms with Crippen molar-refractivity contribution in [3.8, 4) is 0 Å². The summed E-state index contributed by atoms with van der Waals surface area (Å²) in [7, 11) is 0. The molecule has 26 heteroatoms. The summed E-state index contributed by atoms with van der Waals surface area (Å²) < 4.78 is 0. The molecule has 0 saturated carbocycles. The van der Waals surface area contributed by atoms with E-state index in [0.29, 0.717) is 18.7 Å². The van der Waals surface area contributed by atoms with Crippen molar-refractivity contribution in [2.45, 2.75) is 160 Å². The SMILES string of the molecule is CSCC[C@H](NC(=O)[C@@H]1CCCN1)C(=O)N[C@@H](CCC(=O)O)C(=O)N[C@@H](C)C(=O)N[C@@H](CC(C)C)C(=O)N[C@@H](C)C(=O)N[C@@H](CCC(=O)O)C(=O)N[C@@H](CCC(N)=O)C(=O)N[C@H](C(=O)O)C(C)C. The van der Waals surface area contributed by atoms with Crippen molar-refractivity contribution >= 4 is 82.8 Å². The van der Waals surface area contributed by atoms with E-state index in [2.05, 4.69) is 47.9 Å². The molecule has 9 amide bonds. The third-order valence-corrected chi connectivity index (χ3v) is 11.2. The molecule has 1 saturated heterocycles. The van der Waals surface area contributed by atoms with E-state index in [4.69, 9.17) is 5.73 Å². The van der Waals surface area contributed by atoms with E-state index in [1.165, 1.54) is 39.5 Å². The van der Waals surface area contributed by atoms with E-state index in [-0.39, 0.29) is 31.6 Å². The quantitative estimate of drug-likeness (QED) is 0.0324. The van der Waals surface area contributed by atoms with E-state index in [9.17, 15) is 72.9 Å². The highest BCUT2D eigenvalue weighted by Gasteiger charge is 2.35. The number of rotatable bonds is 32. The average Bonchev–Trinajstić information content (AvgIpc) is 3.80. The van der Waals surface area contributed by atoms with Crippen LogP contribution in [0.25, 0.3) is 0 Å². The topological polar surface area (TPSA) is 400 Å². The lowest BCUT2D eigenvalue weighted by atomic mass is 10.0. The van der Waals surface area contributed by atoms with Crippen LogP contribution in [0.2, 0.25) is 0 Å². The van der Waals surface area contributed by atoms with E-state index in [1.54, 1.807) is 20.1 Å². The van der Waals surface area contributed by atoms with Gasteiger partial charge in [-0.1, -0.05) is 27.7 Å². The van der Waals surface area contributed by atoms with Gasteiger partial charge in [0.05, 0.1) is 6.04 Å². The molecule has 0 aromatic heterocycles. The van der Waals surface area contributed by atoms with Gasteiger partial charge in [-0.15, -0.1) is 0 Å². The summed E-state index contributed by atoms with van der Waals surface area (Å²) in [4.78, 5) is 153. The van der Waals surface area contributed by atoms with Crippen LogP contribution >= 0.6 is 11.8 Å². The molecule has 0 aliphatic carbocycles. The number of nitrogens with two attached hydrogens (primary N) is 1. The number of carboxylic acid groups (broad SMARTS) is 3. The molecule has 0 radical (unpaired) electrons. The van der Waals surface area contributed by atoms with Crippen molar-refractivity contribution in [3.63, 3.8) is 0 Å². The molecule has 9 atom stereocenters. The highest BCUT2D eigenvalue weighted by atomic mass is 32.2. The highest BCUT2D eigenvalue weighted by Crippen LogP contribution is 2.11. The number of hydrogen-bond donors (Lipinski definition) is 13. The minimum absolute atomic E-state index is 0.0152. The van der Waals surface area contributed by atoms with Gasteiger partial charge in [0.25, 0.3) is 0 Å². The summed E-state index contributed by atoms with van der Waals surface area (Å²) in [6.45, 7) is 9.64. The first-order valence-electron chi connectivity index (χ1n) is 22.4. The molecule has 0 spiro atoms. The molecule has 1 heterocycles. The van der Waals surface area contributed by atoms with Crippen molar-refractivity contribution in [1.82, 2.24) is 47.9 Å². The molecular formula is C42H70N10O15S. The zero-order valence-electron chi connectivity index (χ0n) is 39.6. The summed E-state index contributed by atoms with van der Waals surface area (Å²) in [5, 5.41) is 50.8. The van der Waals surface area contributed by atoms with Crippen molar-refractivity contribution < 1.29 is 72.9 Å². The molecule has 1 aliphatic rings. The first-order valence-corrected chi connectivity index (χ1v) is 23.8. The number of aliphatic carboxylic acids is 3. The van der Waals surface area contributed by atoms with Gasteiger partial charge in [0.15, 0.2) is 0 Å². The van der Waals surface area contributed by atoms with Crippen LogP contribution in [0.15, 0.2) is 0 Å². The van der Waals surface area contributed by atoms with E-state index < -0.39 is 157 Å². The summed E-state index contributed by atoms with van der Waals surface area (Å²) in [6.07, 6.45) is 0.502. The second kappa shape index (κ2) is 30.4. The minimum Gasteiger partial charge on any atom is -0.481 e. The molecule has 1 rings (SSSR count). The normalized spacial score (nSPS) is 16.8. The molecule has 0 aromatic rings. The van der Waals surface area contributed by atoms with Gasteiger partial charge in [-0.2, -0.15) is 11.8 Å². The van der Waals surface area contributed by atoms with Crippen LogP contribution in [0.5, 0.6) is 0 Å². The van der Waals surface area contributed by atoms with Gasteiger partial charge in [0.1, 0.15) is 48.3 Å². The molecule has 0 unspecified atom stereocenters. The van der Waals surface area contributed by atoms with Crippen LogP contribution in [0.1, 0.15) is 106 Å². The average molecular weight is 987 g/mol. The summed E-state index contributed by atoms with van der Waals surface area (Å²) in [5.74, 6) is -12.1. The lowest BCUT2D eigenvalue weighted by molar-refractivity contribution is -0.143. The standard InChI is InChI=1S/C42H70N10O15S/c1-20(2)19-29(51-35(59)23(6)45-37(61)26(11-14-31(54)55)49-39(63)28(16-18-68-7)50-36(60)24-9-8-17-44-24)41(65)46-22(5)34(58)47-27(12-15-32(56)57)38(62)48-25(10-13-30(43)53)40(64)52-33(21(3)4)42(66)67/h20-29,33,44H,8-19H2,1-7H3,(H2,43,53)(H,45,61)(H,46,65)(H,47,58)(H,48,62)(H,49,63)(H,50,60)(H,51,59)(H,52,64)(H,54,55)(H,56,57)(H,66,67)/t22-,23-,24-,25-,26-,27-,28-,29-,33-/m0/s1. The smallest absolute Gasteiger partial charge is 0.326 e. The van der Waals surface area contributed by atoms with Gasteiger partial charge in [0.2, 0.25) is 53.2 Å². The maximum absolute atomic E-state index is 13.6. The fourth-order valence-electron chi connectivity index (χ4n) is 6.68. The van der Waals surface area contributed by atoms with Gasteiger partial charge in [-0.3, -0.25) is 52.7 Å². The second-order valence-corrected chi connectivity index (χ2v) is 18.3. The maximum Gasteiger partial charge on any atom is 0.326 e. The number of nitrogens with one attached hydrogen (secondary N) is 9. The number of thioether (sulfide) groups is 1. The van der Waals surface area contributed by atoms with Gasteiger partial charge < -0.3 is 68.9 Å². The molecule has 1 aliphatic heterocycles. The molecule has 14 N–H and O–H groups in total. The number of carboxylic acids is 3. The Morgan fingerprint density at radius 2 is 0.971 bits per heavy atom. The van der Waals surface area contributed by atoms with Crippen molar-refractivity contribution in [3.05, 3.63) is 0 Å². The Kier molecular flexibility index (Phi) is 26.8. The van der Waals surface area contributed by atoms with Crippen LogP contribution in [0, 0.1) is 11.8 Å². The number of hydrogen-bond acceptors (Lipinski definition) is 14. The Bertz CT molecular complexity index is 1810. The van der Waals surface area contributed by atoms with Crippen LogP contribution in [-0.4, -0.2) is 159 Å². The molecule has 1 fully saturated rings. The molecule has 25 nitrogen and oxygen atoms in total. The maximum atomic E-state index is 13.6. The Labute approximate surface area is 398 Å². The molecule has 0 bridgehead atoms. The van der Waals surface area contributed by atoms with E-state index in [1.807, 2.05) is 0 Å². The Hall–Kier alpha value is -6.05. The predicted molar refractivity (Wildman–Crippen MR) is 245 cm³/mol. The number of amides is 9. The molecule has 68 heavy (non-hydrogen) atoms. The van der Waals surface area contributed by atoms with Gasteiger partial charge in [-0.25, -0.2) is 4.79 Å². The Morgan fingerprint density at radius 1 is 0.559 bits per heavy atom. The lowest BCUT2D eigenvalue weighted by Crippen LogP contribution is -2.60. The van der Waals surface area contributed by atoms with Crippen LogP contribution < -0.4 is 53.6 Å². The lowest BCUT2D eigenvalue weighted by Gasteiger charge is -2.27. The summed E-state index contributed by atoms with van der Waals surface area (Å²) in [6, 6.07) is -11.7. The summed E-state index contributed by atoms with van der Waals surface area (Å²) in [5.41, 5.74) is 5.23. The summed E-state index contributed by atoms with van der Waals surface area (Å²) >= 11 is 1.42. The molecule has 384 valence electrons. The van der Waals surface area contributed by atoms with Gasteiger partial charge >= 0.3 is 17.9 Å². The zero-order chi connectivity index (χ0) is 51.8. The minimum atomic E-state index is -1.63. The highest BCUT2D eigenvalue weighted by molar-refractivity contribution is 7.98. The number of carbonyl (C=O) groups excluding carboxylic acids is 9. The van der Waals surface area contributed by atoms with Crippen LogP contribution in [0.4, 0.5) is 0 Å². The number of primary amides is 1. The van der Waals surface area contributed by atoms with E-state index in [0.717, 1.165) is 6.42 Å². The van der Waals surface area contributed by atoms with E-state index >= 15 is 0 Å². The zero-order valence-corrected chi connectivity index (χ0v) is 40.4. The Morgan fingerprint density at radius 3 is 1.37 bits per heavy atom. The fourth-order valence-corrected chi connectivity index (χ4v) is 7.15. The third kappa shape index (κ3) is 22.6. The monoisotopic (exact) mass is 986 g/mol. The van der Waals surface area contributed by atoms with Crippen molar-refractivity contribution in [1.29, 1.82) is 0 Å². The van der Waals surface area contributed by atoms with Crippen molar-refractivity contribution in [2.75, 3.05) is 18.6 Å². The third-order valence-electron chi connectivity index (χ3n) is 10.6. The molecular weight excluding hydrogens is 917 g/mol. The second-order valence-electron chi connectivity index (χ2n) is 17.3. The van der Waals surface area contributed by atoms with Crippen LogP contribution in [-0.2, 0) is 57.5 Å². The van der Waals surface area contributed by atoms with Crippen molar-refractivity contribution in [2.24, 2.45) is 17.6 Å². The van der Waals surface area contributed by atoms with Crippen LogP contribution in [0.3, 0.4) is 0 Å². The van der Waals surface area contributed by atoms with Gasteiger partial charge in [0, 0.05) is 19.3 Å². The fraction of sp³-hybridized carbons (Fsp3) is 0.714. The Balaban J connectivity index is 3.17. The molecule has 0 aromatic carbocycles. The predicted octanol–water partition coefficient (Wildman–Crippen LogP) is -2.81. The van der Waals surface area contributed by atoms with Gasteiger partial charge in [-0.05, 0) is 89.2 Å². The largest absolute Gasteiger partial charge is 0.481 e. The number of carbonyl (C=O) groups is 12. The first kappa shape index (κ1) is 60.0.